The van der Waals surface area contributed by atoms with Crippen molar-refractivity contribution in [2.24, 2.45) is 5.92 Å². The summed E-state index contributed by atoms with van der Waals surface area (Å²) in [7, 11) is 1.64. The third kappa shape index (κ3) is 6.65. The molecule has 2 heterocycles. The highest BCUT2D eigenvalue weighted by Crippen LogP contribution is 2.28. The number of rotatable bonds is 7. The number of hydrogen-bond acceptors (Lipinski definition) is 5. The Morgan fingerprint density at radius 2 is 1.66 bits per heavy atom. The van der Waals surface area contributed by atoms with Gasteiger partial charge in [-0.25, -0.2) is 0 Å². The normalized spacial score (nSPS) is 14.3. The van der Waals surface area contributed by atoms with Crippen LogP contribution in [0, 0.1) is 5.92 Å². The van der Waals surface area contributed by atoms with Crippen molar-refractivity contribution in [2.75, 3.05) is 38.2 Å². The van der Waals surface area contributed by atoms with E-state index in [1.165, 1.54) is 0 Å². The second-order valence-electron chi connectivity index (χ2n) is 10.5. The van der Waals surface area contributed by atoms with Crippen molar-refractivity contribution >= 4 is 17.5 Å². The Hall–Kier alpha value is -3.29. The first-order valence-electron chi connectivity index (χ1n) is 12.2. The van der Waals surface area contributed by atoms with E-state index in [1.54, 1.807) is 29.0 Å². The zero-order chi connectivity index (χ0) is 25.8. The van der Waals surface area contributed by atoms with Crippen LogP contribution in [0.3, 0.4) is 0 Å². The number of amides is 2. The van der Waals surface area contributed by atoms with Gasteiger partial charge in [0.25, 0.3) is 11.8 Å². The fraction of sp³-hybridized carbons (Fsp3) is 0.519. The number of benzene rings is 1. The summed E-state index contributed by atoms with van der Waals surface area (Å²) in [5.74, 6) is 0.441. The Morgan fingerprint density at radius 3 is 2.26 bits per heavy atom. The number of hydrogen-bond donors (Lipinski definition) is 1. The van der Waals surface area contributed by atoms with Crippen LogP contribution in [0.1, 0.15) is 61.8 Å². The maximum absolute atomic E-state index is 13.5. The topological polar surface area (TPSA) is 83.9 Å². The number of aromatic nitrogens is 1. The van der Waals surface area contributed by atoms with Crippen LogP contribution < -0.4 is 20.4 Å². The zero-order valence-corrected chi connectivity index (χ0v) is 21.8. The summed E-state index contributed by atoms with van der Waals surface area (Å²) in [6.07, 6.45) is 4.05. The lowest BCUT2D eigenvalue weighted by molar-refractivity contribution is 0.0744. The molecule has 190 valence electrons. The van der Waals surface area contributed by atoms with Crippen LogP contribution in [-0.4, -0.2) is 60.1 Å². The minimum Gasteiger partial charge on any atom is -0.495 e. The molecule has 2 amide bonds. The number of ether oxygens (including phenoxy) is 1. The number of nitrogens with one attached hydrogen (secondary N) is 1. The SMILES string of the molecule is COc1ccccc1N1CCN(C(=O)c2cn(CCC(C)C)cc(C(=O)NC(C)(C)C)c2=O)CC1. The Balaban J connectivity index is 1.85. The summed E-state index contributed by atoms with van der Waals surface area (Å²) in [6.45, 7) is 12.6. The molecule has 8 heteroatoms. The van der Waals surface area contributed by atoms with E-state index >= 15 is 0 Å². The molecule has 0 unspecified atom stereocenters. The number of aryl methyl sites for hydroxylation is 1. The summed E-state index contributed by atoms with van der Waals surface area (Å²) in [5, 5.41) is 2.85. The van der Waals surface area contributed by atoms with Crippen molar-refractivity contribution in [2.45, 2.75) is 53.1 Å². The molecule has 1 N–H and O–H groups in total. The lowest BCUT2D eigenvalue weighted by atomic mass is 10.1. The van der Waals surface area contributed by atoms with Crippen molar-refractivity contribution in [3.05, 3.63) is 58.0 Å². The summed E-state index contributed by atoms with van der Waals surface area (Å²) in [5.41, 5.74) is 0.00754. The molecular weight excluding hydrogens is 444 g/mol. The molecule has 0 aliphatic carbocycles. The van der Waals surface area contributed by atoms with Gasteiger partial charge in [-0.3, -0.25) is 14.4 Å². The maximum Gasteiger partial charge on any atom is 0.259 e. The van der Waals surface area contributed by atoms with Crippen LogP contribution in [0.5, 0.6) is 5.75 Å². The fourth-order valence-corrected chi connectivity index (χ4v) is 4.10. The van der Waals surface area contributed by atoms with Gasteiger partial charge in [0.05, 0.1) is 12.8 Å². The summed E-state index contributed by atoms with van der Waals surface area (Å²) in [4.78, 5) is 43.6. The Bertz CT molecular complexity index is 1110. The minimum atomic E-state index is -0.523. The van der Waals surface area contributed by atoms with E-state index in [0.717, 1.165) is 17.9 Å². The average molecular weight is 483 g/mol. The first-order chi connectivity index (χ1) is 16.5. The zero-order valence-electron chi connectivity index (χ0n) is 21.8. The van der Waals surface area contributed by atoms with Gasteiger partial charge in [-0.1, -0.05) is 26.0 Å². The molecule has 2 aromatic rings. The molecule has 0 atom stereocenters. The third-order valence-corrected chi connectivity index (χ3v) is 6.00. The Kier molecular flexibility index (Phi) is 8.25. The van der Waals surface area contributed by atoms with Gasteiger partial charge in [0.2, 0.25) is 5.43 Å². The number of carbonyl (C=O) groups excluding carboxylic acids is 2. The molecule has 1 aromatic carbocycles. The molecule has 1 aliphatic heterocycles. The van der Waals surface area contributed by atoms with Gasteiger partial charge in [-0.05, 0) is 45.2 Å². The molecule has 0 spiro atoms. The van der Waals surface area contributed by atoms with Crippen molar-refractivity contribution in [1.82, 2.24) is 14.8 Å². The standard InChI is InChI=1S/C27H38N4O4/c1-19(2)11-12-29-17-20(25(33)28-27(3,4)5)24(32)21(18-29)26(34)31-15-13-30(14-16-31)22-9-7-8-10-23(22)35-6/h7-10,17-19H,11-16H2,1-6H3,(H,28,33). The van der Waals surface area contributed by atoms with Crippen molar-refractivity contribution < 1.29 is 14.3 Å². The number of piperazine rings is 1. The van der Waals surface area contributed by atoms with Crippen LogP contribution >= 0.6 is 0 Å². The van der Waals surface area contributed by atoms with E-state index in [1.807, 2.05) is 45.0 Å². The van der Waals surface area contributed by atoms with E-state index < -0.39 is 16.9 Å². The highest BCUT2D eigenvalue weighted by atomic mass is 16.5. The van der Waals surface area contributed by atoms with E-state index in [2.05, 4.69) is 24.1 Å². The monoisotopic (exact) mass is 482 g/mol. The smallest absolute Gasteiger partial charge is 0.259 e. The lowest BCUT2D eigenvalue weighted by Crippen LogP contribution is -2.50. The van der Waals surface area contributed by atoms with Crippen LogP contribution in [0.2, 0.25) is 0 Å². The van der Waals surface area contributed by atoms with Gasteiger partial charge in [-0.15, -0.1) is 0 Å². The number of methoxy groups -OCH3 is 1. The second kappa shape index (κ2) is 11.0. The summed E-state index contributed by atoms with van der Waals surface area (Å²) in [6, 6.07) is 7.81. The molecule has 1 aromatic heterocycles. The Morgan fingerprint density at radius 1 is 1.03 bits per heavy atom. The number of carbonyl (C=O) groups is 2. The van der Waals surface area contributed by atoms with Crippen molar-refractivity contribution in [1.29, 1.82) is 0 Å². The minimum absolute atomic E-state index is 0.00203. The first-order valence-corrected chi connectivity index (χ1v) is 12.2. The van der Waals surface area contributed by atoms with E-state index in [0.29, 0.717) is 38.6 Å². The molecule has 35 heavy (non-hydrogen) atoms. The van der Waals surface area contributed by atoms with E-state index in [-0.39, 0.29) is 17.0 Å². The van der Waals surface area contributed by atoms with E-state index in [4.69, 9.17) is 4.74 Å². The third-order valence-electron chi connectivity index (χ3n) is 6.00. The van der Waals surface area contributed by atoms with Gasteiger partial charge >= 0.3 is 0 Å². The Labute approximate surface area is 207 Å². The van der Waals surface area contributed by atoms with Gasteiger partial charge in [0, 0.05) is 50.7 Å². The molecule has 1 saturated heterocycles. The number of nitrogens with zero attached hydrogens (tertiary/aromatic N) is 3. The highest BCUT2D eigenvalue weighted by Gasteiger charge is 2.28. The molecule has 0 saturated carbocycles. The van der Waals surface area contributed by atoms with Crippen LogP contribution in [0.25, 0.3) is 0 Å². The molecule has 0 radical (unpaired) electrons. The van der Waals surface area contributed by atoms with Gasteiger partial charge < -0.3 is 24.4 Å². The first kappa shape index (κ1) is 26.3. The molecule has 0 bridgehead atoms. The molecule has 1 fully saturated rings. The van der Waals surface area contributed by atoms with Gasteiger partial charge in [0.1, 0.15) is 16.9 Å². The second-order valence-corrected chi connectivity index (χ2v) is 10.5. The quantitative estimate of drug-likeness (QED) is 0.654. The van der Waals surface area contributed by atoms with Crippen LogP contribution in [0.4, 0.5) is 5.69 Å². The predicted molar refractivity (Wildman–Crippen MR) is 138 cm³/mol. The highest BCUT2D eigenvalue weighted by molar-refractivity contribution is 5.99. The summed E-state index contributed by atoms with van der Waals surface area (Å²) >= 11 is 0. The number of pyridine rings is 1. The summed E-state index contributed by atoms with van der Waals surface area (Å²) < 4.78 is 7.28. The largest absolute Gasteiger partial charge is 0.495 e. The van der Waals surface area contributed by atoms with Gasteiger partial charge in [-0.2, -0.15) is 0 Å². The van der Waals surface area contributed by atoms with Crippen molar-refractivity contribution in [3.8, 4) is 5.75 Å². The molecular formula is C27H38N4O4. The van der Waals surface area contributed by atoms with E-state index in [9.17, 15) is 14.4 Å². The molecule has 1 aliphatic rings. The molecule has 3 rings (SSSR count). The number of para-hydroxylation sites is 2. The van der Waals surface area contributed by atoms with Crippen LogP contribution in [-0.2, 0) is 6.54 Å². The number of anilines is 1. The average Bonchev–Trinajstić information content (AvgIpc) is 2.81. The van der Waals surface area contributed by atoms with Crippen molar-refractivity contribution in [3.63, 3.8) is 0 Å². The lowest BCUT2D eigenvalue weighted by Gasteiger charge is -2.36. The molecule has 8 nitrogen and oxygen atoms in total. The fourth-order valence-electron chi connectivity index (χ4n) is 4.10. The predicted octanol–water partition coefficient (Wildman–Crippen LogP) is 3.39. The van der Waals surface area contributed by atoms with Crippen LogP contribution in [0.15, 0.2) is 41.5 Å². The maximum atomic E-state index is 13.5. The van der Waals surface area contributed by atoms with Gasteiger partial charge in [0.15, 0.2) is 0 Å².